The van der Waals surface area contributed by atoms with Gasteiger partial charge >= 0.3 is 6.03 Å². The zero-order valence-corrected chi connectivity index (χ0v) is 13.3. The van der Waals surface area contributed by atoms with E-state index in [1.54, 1.807) is 0 Å². The van der Waals surface area contributed by atoms with Gasteiger partial charge in [-0.15, -0.1) is 0 Å². The van der Waals surface area contributed by atoms with E-state index in [0.717, 1.165) is 43.9 Å². The summed E-state index contributed by atoms with van der Waals surface area (Å²) in [5.41, 5.74) is 9.03. The number of urea groups is 1. The lowest BCUT2D eigenvalue weighted by molar-refractivity contribution is 0.221. The molecule has 3 rings (SSSR count). The van der Waals surface area contributed by atoms with Gasteiger partial charge in [-0.1, -0.05) is 6.07 Å². The summed E-state index contributed by atoms with van der Waals surface area (Å²) < 4.78 is 0. The molecule has 5 nitrogen and oxygen atoms in total. The van der Waals surface area contributed by atoms with E-state index in [1.807, 2.05) is 17.0 Å². The van der Waals surface area contributed by atoms with Crippen LogP contribution < -0.4 is 16.0 Å². The van der Waals surface area contributed by atoms with Crippen molar-refractivity contribution < 1.29 is 4.79 Å². The molecule has 0 aromatic heterocycles. The van der Waals surface area contributed by atoms with E-state index >= 15 is 0 Å². The first-order valence-electron chi connectivity index (χ1n) is 8.29. The zero-order chi connectivity index (χ0) is 15.5. The van der Waals surface area contributed by atoms with Crippen LogP contribution in [0.15, 0.2) is 18.2 Å². The van der Waals surface area contributed by atoms with Gasteiger partial charge in [-0.2, -0.15) is 0 Å². The third-order valence-corrected chi connectivity index (χ3v) is 4.90. The van der Waals surface area contributed by atoms with E-state index in [0.29, 0.717) is 12.5 Å². The average molecular weight is 302 g/mol. The number of amides is 2. The SMILES string of the molecule is Cc1c(NC(=O)N2CC[C@H](CN)C2)cccc1N1CCCC1. The van der Waals surface area contributed by atoms with Gasteiger partial charge in [0, 0.05) is 37.6 Å². The van der Waals surface area contributed by atoms with Crippen LogP contribution in [0.4, 0.5) is 16.2 Å². The molecule has 0 spiro atoms. The van der Waals surface area contributed by atoms with Crippen LogP contribution in [-0.2, 0) is 0 Å². The molecule has 1 aromatic carbocycles. The summed E-state index contributed by atoms with van der Waals surface area (Å²) in [5.74, 6) is 0.447. The summed E-state index contributed by atoms with van der Waals surface area (Å²) in [5, 5.41) is 3.08. The molecule has 2 aliphatic rings. The van der Waals surface area contributed by atoms with Gasteiger partial charge in [0.05, 0.1) is 0 Å². The molecule has 2 heterocycles. The lowest BCUT2D eigenvalue weighted by atomic mass is 10.1. The number of rotatable bonds is 3. The molecule has 5 heteroatoms. The van der Waals surface area contributed by atoms with Gasteiger partial charge in [0.25, 0.3) is 0 Å². The topological polar surface area (TPSA) is 61.6 Å². The lowest BCUT2D eigenvalue weighted by Gasteiger charge is -2.23. The van der Waals surface area contributed by atoms with Crippen molar-refractivity contribution in [2.75, 3.05) is 42.9 Å². The Labute approximate surface area is 132 Å². The lowest BCUT2D eigenvalue weighted by Crippen LogP contribution is -2.34. The van der Waals surface area contributed by atoms with Crippen molar-refractivity contribution >= 4 is 17.4 Å². The van der Waals surface area contributed by atoms with E-state index in [4.69, 9.17) is 5.73 Å². The standard InChI is InChI=1S/C17H26N4O/c1-13-15(5-4-6-16(13)20-8-2-3-9-20)19-17(22)21-10-7-14(11-18)12-21/h4-6,14H,2-3,7-12,18H2,1H3,(H,19,22)/t14-/m1/s1. The number of nitrogens with two attached hydrogens (primary N) is 1. The minimum Gasteiger partial charge on any atom is -0.371 e. The normalized spacial score (nSPS) is 21.5. The van der Waals surface area contributed by atoms with Gasteiger partial charge in [-0.25, -0.2) is 4.79 Å². The number of hydrogen-bond acceptors (Lipinski definition) is 3. The molecule has 0 aliphatic carbocycles. The van der Waals surface area contributed by atoms with E-state index < -0.39 is 0 Å². The Balaban J connectivity index is 1.70. The summed E-state index contributed by atoms with van der Waals surface area (Å²) in [6, 6.07) is 6.17. The second kappa shape index (κ2) is 6.57. The van der Waals surface area contributed by atoms with Crippen molar-refractivity contribution in [2.24, 2.45) is 11.7 Å². The predicted octanol–water partition coefficient (Wildman–Crippen LogP) is 2.41. The van der Waals surface area contributed by atoms with Gasteiger partial charge in [0.2, 0.25) is 0 Å². The van der Waals surface area contributed by atoms with Gasteiger partial charge in [-0.3, -0.25) is 0 Å². The molecule has 2 aliphatic heterocycles. The fraction of sp³-hybridized carbons (Fsp3) is 0.588. The van der Waals surface area contributed by atoms with Crippen molar-refractivity contribution in [1.29, 1.82) is 0 Å². The molecule has 0 saturated carbocycles. The number of benzene rings is 1. The number of carbonyl (C=O) groups is 1. The van der Waals surface area contributed by atoms with Crippen LogP contribution >= 0.6 is 0 Å². The Bertz CT molecular complexity index is 539. The monoisotopic (exact) mass is 302 g/mol. The Morgan fingerprint density at radius 2 is 2.09 bits per heavy atom. The molecule has 2 saturated heterocycles. The highest BCUT2D eigenvalue weighted by Crippen LogP contribution is 2.29. The minimum atomic E-state index is -0.00220. The van der Waals surface area contributed by atoms with Crippen LogP contribution in [-0.4, -0.2) is 43.7 Å². The number of nitrogens with zero attached hydrogens (tertiary/aromatic N) is 2. The Kier molecular flexibility index (Phi) is 4.52. The fourth-order valence-electron chi connectivity index (χ4n) is 3.46. The Morgan fingerprint density at radius 1 is 1.32 bits per heavy atom. The Morgan fingerprint density at radius 3 is 2.77 bits per heavy atom. The average Bonchev–Trinajstić information content (AvgIpc) is 3.20. The van der Waals surface area contributed by atoms with Crippen LogP contribution in [0, 0.1) is 12.8 Å². The molecular formula is C17H26N4O. The maximum atomic E-state index is 12.4. The van der Waals surface area contributed by atoms with E-state index in [1.165, 1.54) is 18.5 Å². The number of carbonyl (C=O) groups excluding carboxylic acids is 1. The van der Waals surface area contributed by atoms with Gasteiger partial charge < -0.3 is 20.9 Å². The van der Waals surface area contributed by atoms with Crippen LogP contribution in [0.5, 0.6) is 0 Å². The molecule has 2 amide bonds. The molecule has 22 heavy (non-hydrogen) atoms. The molecule has 120 valence electrons. The van der Waals surface area contributed by atoms with Crippen molar-refractivity contribution in [1.82, 2.24) is 4.90 Å². The smallest absolute Gasteiger partial charge is 0.321 e. The zero-order valence-electron chi connectivity index (χ0n) is 13.3. The molecule has 1 atom stereocenters. The summed E-state index contributed by atoms with van der Waals surface area (Å²) in [6.07, 6.45) is 3.52. The highest BCUT2D eigenvalue weighted by atomic mass is 16.2. The van der Waals surface area contributed by atoms with Crippen LogP contribution in [0.2, 0.25) is 0 Å². The van der Waals surface area contributed by atoms with Crippen LogP contribution in [0.3, 0.4) is 0 Å². The first kappa shape index (κ1) is 15.2. The van der Waals surface area contributed by atoms with Crippen molar-refractivity contribution in [3.63, 3.8) is 0 Å². The molecule has 0 radical (unpaired) electrons. The van der Waals surface area contributed by atoms with E-state index in [-0.39, 0.29) is 6.03 Å². The second-order valence-electron chi connectivity index (χ2n) is 6.41. The third-order valence-electron chi connectivity index (χ3n) is 4.90. The molecule has 2 fully saturated rings. The number of hydrogen-bond donors (Lipinski definition) is 2. The molecule has 1 aromatic rings. The summed E-state index contributed by atoms with van der Waals surface area (Å²) in [4.78, 5) is 16.7. The highest BCUT2D eigenvalue weighted by Gasteiger charge is 2.25. The number of likely N-dealkylation sites (tertiary alicyclic amines) is 1. The maximum Gasteiger partial charge on any atom is 0.321 e. The van der Waals surface area contributed by atoms with Gasteiger partial charge in [-0.05, 0) is 56.3 Å². The highest BCUT2D eigenvalue weighted by molar-refractivity contribution is 5.91. The summed E-state index contributed by atoms with van der Waals surface area (Å²) in [6.45, 7) is 6.56. The number of anilines is 2. The molecule has 0 bridgehead atoms. The second-order valence-corrected chi connectivity index (χ2v) is 6.41. The maximum absolute atomic E-state index is 12.4. The fourth-order valence-corrected chi connectivity index (χ4v) is 3.46. The van der Waals surface area contributed by atoms with Gasteiger partial charge in [0.1, 0.15) is 0 Å². The van der Waals surface area contributed by atoms with Crippen LogP contribution in [0.25, 0.3) is 0 Å². The van der Waals surface area contributed by atoms with Crippen LogP contribution in [0.1, 0.15) is 24.8 Å². The Hall–Kier alpha value is -1.75. The third kappa shape index (κ3) is 3.04. The summed E-state index contributed by atoms with van der Waals surface area (Å²) in [7, 11) is 0. The molecule has 0 unspecified atom stereocenters. The molecular weight excluding hydrogens is 276 g/mol. The first-order valence-corrected chi connectivity index (χ1v) is 8.29. The van der Waals surface area contributed by atoms with E-state index in [9.17, 15) is 4.79 Å². The number of nitrogens with one attached hydrogen (secondary N) is 1. The largest absolute Gasteiger partial charge is 0.371 e. The quantitative estimate of drug-likeness (QED) is 0.901. The predicted molar refractivity (Wildman–Crippen MR) is 90.4 cm³/mol. The van der Waals surface area contributed by atoms with Gasteiger partial charge in [0.15, 0.2) is 0 Å². The minimum absolute atomic E-state index is 0.00220. The van der Waals surface area contributed by atoms with Crippen molar-refractivity contribution in [3.8, 4) is 0 Å². The summed E-state index contributed by atoms with van der Waals surface area (Å²) >= 11 is 0. The van der Waals surface area contributed by atoms with Crippen molar-refractivity contribution in [3.05, 3.63) is 23.8 Å². The first-order chi connectivity index (χ1) is 10.7. The molecule has 3 N–H and O–H groups in total. The van der Waals surface area contributed by atoms with E-state index in [2.05, 4.69) is 23.2 Å². The van der Waals surface area contributed by atoms with Crippen molar-refractivity contribution in [2.45, 2.75) is 26.2 Å².